The molecule has 0 N–H and O–H groups in total. The van der Waals surface area contributed by atoms with Gasteiger partial charge in [0, 0.05) is 0 Å². The van der Waals surface area contributed by atoms with E-state index in [1.807, 2.05) is 0 Å². The summed E-state index contributed by atoms with van der Waals surface area (Å²) in [6.45, 7) is 4.45. The maximum Gasteiger partial charge on any atom is 0.121 e. The van der Waals surface area contributed by atoms with Gasteiger partial charge in [0.15, 0.2) is 0 Å². The van der Waals surface area contributed by atoms with Crippen molar-refractivity contribution in [3.8, 4) is 0 Å². The molecule has 0 aromatic carbocycles. The topological polar surface area (TPSA) is 0 Å². The van der Waals surface area contributed by atoms with Crippen molar-refractivity contribution in [3.63, 3.8) is 0 Å². The fourth-order valence-corrected chi connectivity index (χ4v) is 1.72. The van der Waals surface area contributed by atoms with Gasteiger partial charge in [0.1, 0.15) is 25.8 Å². The van der Waals surface area contributed by atoms with Crippen LogP contribution in [-0.4, -0.2) is 0 Å². The van der Waals surface area contributed by atoms with E-state index in [-0.39, 0.29) is 7.53 Å². The van der Waals surface area contributed by atoms with Crippen molar-refractivity contribution in [1.29, 1.82) is 0 Å². The maximum atomic E-state index is 2.30. The first-order valence-corrected chi connectivity index (χ1v) is 5.20. The van der Waals surface area contributed by atoms with Crippen molar-refractivity contribution in [2.75, 3.05) is 0 Å². The quantitative estimate of drug-likeness (QED) is 0.561. The minimum Gasteiger partial charge on any atom is -0.0613 e. The molecule has 1 aromatic rings. The molecule has 0 bridgehead atoms. The predicted octanol–water partition coefficient (Wildman–Crippen LogP) is 3.05. The van der Waals surface area contributed by atoms with Gasteiger partial charge in [-0.25, -0.2) is 0 Å². The van der Waals surface area contributed by atoms with Crippen molar-refractivity contribution in [2.24, 2.45) is 6.66 Å². The second-order valence-corrected chi connectivity index (χ2v) is 4.15. The molecule has 9 heavy (non-hydrogen) atoms. The average molecular weight is 139 g/mol. The van der Waals surface area contributed by atoms with Gasteiger partial charge in [-0.05, 0) is 24.1 Å². The second kappa shape index (κ2) is 2.98. The Labute approximate surface area is 57.6 Å². The molecule has 1 aromatic heterocycles. The summed E-state index contributed by atoms with van der Waals surface area (Å²) >= 11 is 0. The average Bonchev–Trinajstić information content (AvgIpc) is 1.90. The molecule has 1 heteroatoms. The third-order valence-electron chi connectivity index (χ3n) is 1.46. The molecule has 0 fully saturated rings. The molecule has 0 radical (unpaired) electrons. The standard InChI is InChI=1S/C8H12P/c1-3-8-4-6-9(2)7-5-8/h4-7H,3H2,1-2H3/q+1. The number of rotatable bonds is 1. The van der Waals surface area contributed by atoms with Gasteiger partial charge in [-0.15, -0.1) is 0 Å². The van der Waals surface area contributed by atoms with Crippen LogP contribution in [0.3, 0.4) is 0 Å². The lowest BCUT2D eigenvalue weighted by Crippen LogP contribution is -1.73. The van der Waals surface area contributed by atoms with Crippen LogP contribution >= 0.6 is 7.53 Å². The van der Waals surface area contributed by atoms with Gasteiger partial charge in [0.25, 0.3) is 0 Å². The molecule has 48 valence electrons. The summed E-state index contributed by atoms with van der Waals surface area (Å²) in [6, 6.07) is 4.48. The van der Waals surface area contributed by atoms with Gasteiger partial charge in [0.2, 0.25) is 0 Å². The Morgan fingerprint density at radius 2 is 1.89 bits per heavy atom. The van der Waals surface area contributed by atoms with Crippen LogP contribution in [0, 0.1) is 0 Å². The van der Waals surface area contributed by atoms with Crippen LogP contribution in [0.25, 0.3) is 0 Å². The zero-order chi connectivity index (χ0) is 6.69. The molecule has 0 atom stereocenters. The van der Waals surface area contributed by atoms with E-state index in [9.17, 15) is 0 Å². The number of hydrogen-bond donors (Lipinski definition) is 0. The van der Waals surface area contributed by atoms with E-state index in [0.717, 1.165) is 6.42 Å². The highest BCUT2D eigenvalue weighted by Crippen LogP contribution is 2.20. The first-order valence-electron chi connectivity index (χ1n) is 3.27. The maximum absolute atomic E-state index is 2.30. The van der Waals surface area contributed by atoms with Gasteiger partial charge in [-0.3, -0.25) is 0 Å². The summed E-state index contributed by atoms with van der Waals surface area (Å²) in [4.78, 5) is 0. The van der Waals surface area contributed by atoms with E-state index < -0.39 is 0 Å². The lowest BCUT2D eigenvalue weighted by atomic mass is 10.2. The van der Waals surface area contributed by atoms with Crippen molar-refractivity contribution in [2.45, 2.75) is 13.3 Å². The zero-order valence-electron chi connectivity index (χ0n) is 5.96. The van der Waals surface area contributed by atoms with Crippen LogP contribution < -0.4 is 0 Å². The summed E-state index contributed by atoms with van der Waals surface area (Å²) in [5, 5.41) is 0. The fourth-order valence-electron chi connectivity index (χ4n) is 0.768. The SMILES string of the molecule is CCc1cc[p+](C)cc1. The van der Waals surface area contributed by atoms with E-state index >= 15 is 0 Å². The molecule has 0 spiro atoms. The van der Waals surface area contributed by atoms with Crippen LogP contribution in [0.2, 0.25) is 0 Å². The summed E-state index contributed by atoms with van der Waals surface area (Å²) in [5.74, 6) is 4.60. The zero-order valence-corrected chi connectivity index (χ0v) is 6.86. The molecule has 1 rings (SSSR count). The van der Waals surface area contributed by atoms with Crippen molar-refractivity contribution < 1.29 is 0 Å². The Morgan fingerprint density at radius 3 is 2.33 bits per heavy atom. The molecule has 1 heterocycles. The van der Waals surface area contributed by atoms with Gasteiger partial charge < -0.3 is 0 Å². The van der Waals surface area contributed by atoms with E-state index in [0.29, 0.717) is 0 Å². The van der Waals surface area contributed by atoms with Crippen LogP contribution in [0.4, 0.5) is 0 Å². The predicted molar refractivity (Wildman–Crippen MR) is 43.9 cm³/mol. The molecule has 0 aliphatic carbocycles. The Kier molecular flexibility index (Phi) is 2.24. The molecule has 0 amide bonds. The normalized spacial score (nSPS) is 9.56. The van der Waals surface area contributed by atoms with Gasteiger partial charge in [0.05, 0.1) is 0 Å². The second-order valence-electron chi connectivity index (χ2n) is 2.23. The Hall–Kier alpha value is -0.350. The summed E-state index contributed by atoms with van der Waals surface area (Å²) in [7, 11) is 0.0941. The van der Waals surface area contributed by atoms with Crippen LogP contribution in [0.5, 0.6) is 0 Å². The van der Waals surface area contributed by atoms with Gasteiger partial charge in [-0.2, -0.15) is 0 Å². The highest BCUT2D eigenvalue weighted by atomic mass is 31.1. The number of aryl methyl sites for hydroxylation is 2. The van der Waals surface area contributed by atoms with Crippen LogP contribution in [0.15, 0.2) is 23.7 Å². The number of hydrogen-bond acceptors (Lipinski definition) is 0. The largest absolute Gasteiger partial charge is 0.121 e. The van der Waals surface area contributed by atoms with Gasteiger partial charge >= 0.3 is 0 Å². The molecule has 0 saturated carbocycles. The van der Waals surface area contributed by atoms with E-state index in [1.54, 1.807) is 0 Å². The van der Waals surface area contributed by atoms with Crippen molar-refractivity contribution in [1.82, 2.24) is 0 Å². The first kappa shape index (κ1) is 6.77. The van der Waals surface area contributed by atoms with Crippen molar-refractivity contribution in [3.05, 3.63) is 29.3 Å². The molecule has 0 unspecified atom stereocenters. The van der Waals surface area contributed by atoms with Crippen LogP contribution in [0.1, 0.15) is 12.5 Å². The van der Waals surface area contributed by atoms with Crippen LogP contribution in [-0.2, 0) is 13.1 Å². The lowest BCUT2D eigenvalue weighted by molar-refractivity contribution is 1.15. The highest BCUT2D eigenvalue weighted by Gasteiger charge is 1.93. The summed E-state index contributed by atoms with van der Waals surface area (Å²) in [6.07, 6.45) is 1.16. The molecule has 0 aliphatic rings. The molecule has 0 saturated heterocycles. The first-order chi connectivity index (χ1) is 4.33. The third-order valence-corrected chi connectivity index (χ3v) is 2.69. The van der Waals surface area contributed by atoms with E-state index in [2.05, 4.69) is 37.3 Å². The molecular formula is C8H12P+. The Morgan fingerprint density at radius 1 is 1.33 bits per heavy atom. The minimum absolute atomic E-state index is 0.0941. The lowest BCUT2D eigenvalue weighted by Gasteiger charge is -1.88. The monoisotopic (exact) mass is 139 g/mol. The minimum atomic E-state index is 0.0941. The molecule has 0 nitrogen and oxygen atoms in total. The summed E-state index contributed by atoms with van der Waals surface area (Å²) < 4.78 is 0. The third kappa shape index (κ3) is 1.80. The molecule has 0 aliphatic heterocycles. The Bertz CT molecular complexity index is 176. The smallest absolute Gasteiger partial charge is 0.0613 e. The van der Waals surface area contributed by atoms with Gasteiger partial charge in [-0.1, -0.05) is 6.92 Å². The fraction of sp³-hybridized carbons (Fsp3) is 0.375. The van der Waals surface area contributed by atoms with Crippen molar-refractivity contribution >= 4 is 7.53 Å². The summed E-state index contributed by atoms with van der Waals surface area (Å²) in [5.41, 5.74) is 1.45. The highest BCUT2D eigenvalue weighted by molar-refractivity contribution is 7.46. The molecular weight excluding hydrogens is 127 g/mol. The van der Waals surface area contributed by atoms with E-state index in [4.69, 9.17) is 0 Å². The Balaban J connectivity index is 2.88. The van der Waals surface area contributed by atoms with E-state index in [1.165, 1.54) is 5.56 Å².